The van der Waals surface area contributed by atoms with E-state index in [1.165, 1.54) is 24.3 Å². The van der Waals surface area contributed by atoms with Crippen LogP contribution in [0.3, 0.4) is 0 Å². The first-order valence-electron chi connectivity index (χ1n) is 4.95. The van der Waals surface area contributed by atoms with Gasteiger partial charge in [-0.25, -0.2) is 17.6 Å². The maximum atomic E-state index is 12.3. The van der Waals surface area contributed by atoms with E-state index in [1.807, 2.05) is 0 Å². The molecule has 0 unspecified atom stereocenters. The molecule has 0 saturated carbocycles. The summed E-state index contributed by atoms with van der Waals surface area (Å²) < 4.78 is 36.0. The van der Waals surface area contributed by atoms with Crippen LogP contribution in [0.4, 0.5) is 4.39 Å². The molecule has 3 N–H and O–H groups in total. The van der Waals surface area contributed by atoms with Gasteiger partial charge in [0.2, 0.25) is 0 Å². The molecule has 98 valence electrons. The van der Waals surface area contributed by atoms with Gasteiger partial charge in [-0.3, -0.25) is 0 Å². The number of carboxylic acids is 1. The van der Waals surface area contributed by atoms with Crippen LogP contribution in [0.5, 0.6) is 0 Å². The third kappa shape index (κ3) is 3.38. The Kier molecular flexibility index (Phi) is 4.57. The minimum Gasteiger partial charge on any atom is -0.478 e. The summed E-state index contributed by atoms with van der Waals surface area (Å²) in [7, 11) is -3.71. The molecule has 0 aliphatic rings. The molecule has 0 amide bonds. The first-order valence-corrected chi connectivity index (χ1v) is 6.60. The molecule has 0 aliphatic heterocycles. The van der Waals surface area contributed by atoms with Gasteiger partial charge >= 0.3 is 5.97 Å². The second kappa shape index (κ2) is 5.74. The lowest BCUT2D eigenvalue weighted by Crippen LogP contribution is -2.15. The molecule has 0 saturated heterocycles. The molecule has 0 fully saturated rings. The van der Waals surface area contributed by atoms with Crippen LogP contribution in [0.1, 0.15) is 10.4 Å². The Labute approximate surface area is 104 Å². The molecule has 0 heterocycles. The summed E-state index contributed by atoms with van der Waals surface area (Å²) >= 11 is 0. The lowest BCUT2D eigenvalue weighted by Gasteiger charge is -2.05. The van der Waals surface area contributed by atoms with Crippen LogP contribution in [0.25, 0.3) is 0 Å². The Morgan fingerprint density at radius 3 is 2.28 bits per heavy atom. The second-order valence-corrected chi connectivity index (χ2v) is 5.55. The highest BCUT2D eigenvalue weighted by molar-refractivity contribution is 7.91. The molecule has 0 spiro atoms. The fraction of sp³-hybridized carbons (Fsp3) is 0.182. The predicted molar refractivity (Wildman–Crippen MR) is 63.7 cm³/mol. The van der Waals surface area contributed by atoms with E-state index in [9.17, 15) is 17.6 Å². The zero-order valence-electron chi connectivity index (χ0n) is 9.34. The molecule has 1 aromatic rings. The zero-order chi connectivity index (χ0) is 13.8. The van der Waals surface area contributed by atoms with Crippen molar-refractivity contribution in [2.24, 2.45) is 5.73 Å². The quantitative estimate of drug-likeness (QED) is 0.833. The Hall–Kier alpha value is -1.73. The van der Waals surface area contributed by atoms with Crippen molar-refractivity contribution in [2.75, 3.05) is 12.3 Å². The molecule has 7 heteroatoms. The summed E-state index contributed by atoms with van der Waals surface area (Å²) in [6.07, 6.45) is 0.170. The topological polar surface area (TPSA) is 97.5 Å². The summed E-state index contributed by atoms with van der Waals surface area (Å²) in [5.41, 5.74) is 5.12. The number of hydrogen-bond acceptors (Lipinski definition) is 4. The number of rotatable bonds is 5. The summed E-state index contributed by atoms with van der Waals surface area (Å²) in [5.74, 6) is -1.67. The van der Waals surface area contributed by atoms with Gasteiger partial charge in [-0.1, -0.05) is 0 Å². The van der Waals surface area contributed by atoms with Gasteiger partial charge in [0.05, 0.1) is 22.5 Å². The van der Waals surface area contributed by atoms with E-state index in [2.05, 4.69) is 0 Å². The van der Waals surface area contributed by atoms with Crippen LogP contribution >= 0.6 is 0 Å². The van der Waals surface area contributed by atoms with Gasteiger partial charge in [-0.15, -0.1) is 0 Å². The Morgan fingerprint density at radius 2 is 1.89 bits per heavy atom. The average Bonchev–Trinajstić information content (AvgIpc) is 2.36. The van der Waals surface area contributed by atoms with E-state index in [0.29, 0.717) is 0 Å². The molecule has 0 bridgehead atoms. The van der Waals surface area contributed by atoms with Crippen LogP contribution in [-0.4, -0.2) is 31.8 Å². The van der Waals surface area contributed by atoms with Gasteiger partial charge in [-0.05, 0) is 29.8 Å². The standard InChI is InChI=1S/C11H12FNO4S/c12-5-8(6-13)7-18(16,17)10-3-1-9(2-4-10)11(14)15/h1-5H,6-7,13H2,(H,14,15)/b8-5+. The van der Waals surface area contributed by atoms with Crippen LogP contribution in [0.2, 0.25) is 0 Å². The van der Waals surface area contributed by atoms with E-state index in [-0.39, 0.29) is 28.9 Å². The monoisotopic (exact) mass is 273 g/mol. The van der Waals surface area contributed by atoms with E-state index in [1.54, 1.807) is 0 Å². The normalized spacial score (nSPS) is 12.4. The number of halogens is 1. The van der Waals surface area contributed by atoms with Crippen molar-refractivity contribution in [1.82, 2.24) is 0 Å². The highest BCUT2D eigenvalue weighted by Crippen LogP contribution is 2.15. The largest absolute Gasteiger partial charge is 0.478 e. The number of benzene rings is 1. The smallest absolute Gasteiger partial charge is 0.335 e. The SMILES string of the molecule is NC/C(=C\F)CS(=O)(=O)c1ccc(C(=O)O)cc1. The molecule has 5 nitrogen and oxygen atoms in total. The molecule has 0 aromatic heterocycles. The molecule has 1 rings (SSSR count). The molecular formula is C11H12FNO4S. The fourth-order valence-corrected chi connectivity index (χ4v) is 2.65. The van der Waals surface area contributed by atoms with Crippen molar-refractivity contribution in [3.05, 3.63) is 41.7 Å². The number of nitrogens with two attached hydrogens (primary N) is 1. The maximum absolute atomic E-state index is 12.3. The van der Waals surface area contributed by atoms with Gasteiger partial charge in [-0.2, -0.15) is 0 Å². The summed E-state index contributed by atoms with van der Waals surface area (Å²) in [6, 6.07) is 4.70. The van der Waals surface area contributed by atoms with Crippen molar-refractivity contribution in [3.63, 3.8) is 0 Å². The van der Waals surface area contributed by atoms with E-state index in [4.69, 9.17) is 10.8 Å². The van der Waals surface area contributed by atoms with Crippen LogP contribution in [-0.2, 0) is 9.84 Å². The van der Waals surface area contributed by atoms with E-state index in [0.717, 1.165) is 0 Å². The summed E-state index contributed by atoms with van der Waals surface area (Å²) in [6.45, 7) is -0.192. The number of aromatic carboxylic acids is 1. The summed E-state index contributed by atoms with van der Waals surface area (Å²) in [4.78, 5) is 10.5. The lowest BCUT2D eigenvalue weighted by molar-refractivity contribution is 0.0696. The van der Waals surface area contributed by atoms with Gasteiger partial charge < -0.3 is 10.8 Å². The van der Waals surface area contributed by atoms with E-state index >= 15 is 0 Å². The van der Waals surface area contributed by atoms with Gasteiger partial charge in [0.1, 0.15) is 0 Å². The first-order chi connectivity index (χ1) is 8.40. The number of carboxylic acid groups (broad SMARTS) is 1. The van der Waals surface area contributed by atoms with Gasteiger partial charge in [0.25, 0.3) is 0 Å². The second-order valence-electron chi connectivity index (χ2n) is 3.56. The van der Waals surface area contributed by atoms with Crippen molar-refractivity contribution < 1.29 is 22.7 Å². The van der Waals surface area contributed by atoms with Crippen LogP contribution in [0.15, 0.2) is 41.1 Å². The number of carbonyl (C=O) groups is 1. The maximum Gasteiger partial charge on any atom is 0.335 e. The fourth-order valence-electron chi connectivity index (χ4n) is 1.27. The molecule has 0 radical (unpaired) electrons. The predicted octanol–water partition coefficient (Wildman–Crippen LogP) is 0.971. The summed E-state index contributed by atoms with van der Waals surface area (Å²) in [5, 5.41) is 8.68. The van der Waals surface area contributed by atoms with Crippen molar-refractivity contribution in [2.45, 2.75) is 4.90 Å². The average molecular weight is 273 g/mol. The van der Waals surface area contributed by atoms with Gasteiger partial charge in [0.15, 0.2) is 9.84 Å². The number of sulfone groups is 1. The van der Waals surface area contributed by atoms with E-state index < -0.39 is 21.6 Å². The van der Waals surface area contributed by atoms with Crippen LogP contribution in [0, 0.1) is 0 Å². The minimum atomic E-state index is -3.71. The molecular weight excluding hydrogens is 261 g/mol. The van der Waals surface area contributed by atoms with Crippen LogP contribution < -0.4 is 5.73 Å². The number of hydrogen-bond donors (Lipinski definition) is 2. The molecule has 0 aliphatic carbocycles. The van der Waals surface area contributed by atoms with Crippen molar-refractivity contribution >= 4 is 15.8 Å². The highest BCUT2D eigenvalue weighted by atomic mass is 32.2. The minimum absolute atomic E-state index is 0.0194. The molecule has 18 heavy (non-hydrogen) atoms. The first kappa shape index (κ1) is 14.3. The third-order valence-electron chi connectivity index (χ3n) is 2.25. The molecule has 0 atom stereocenters. The Bertz CT molecular complexity index is 563. The van der Waals surface area contributed by atoms with Gasteiger partial charge in [0, 0.05) is 6.54 Å². The molecule has 1 aromatic carbocycles. The van der Waals surface area contributed by atoms with Crippen molar-refractivity contribution in [1.29, 1.82) is 0 Å². The van der Waals surface area contributed by atoms with Crippen molar-refractivity contribution in [3.8, 4) is 0 Å². The zero-order valence-corrected chi connectivity index (χ0v) is 10.2. The Morgan fingerprint density at radius 1 is 1.33 bits per heavy atom. The Balaban J connectivity index is 3.02. The highest BCUT2D eigenvalue weighted by Gasteiger charge is 2.17. The third-order valence-corrected chi connectivity index (χ3v) is 3.99. The lowest BCUT2D eigenvalue weighted by atomic mass is 10.2.